The van der Waals surface area contributed by atoms with Gasteiger partial charge in [-0.2, -0.15) is 0 Å². The van der Waals surface area contributed by atoms with E-state index in [9.17, 15) is 10.2 Å². The third-order valence-electron chi connectivity index (χ3n) is 3.47. The fourth-order valence-corrected chi connectivity index (χ4v) is 2.57. The van der Waals surface area contributed by atoms with E-state index < -0.39 is 5.60 Å². The van der Waals surface area contributed by atoms with E-state index in [2.05, 4.69) is 0 Å². The molecule has 0 unspecified atom stereocenters. The minimum atomic E-state index is -0.718. The number of hydrogen-bond donors (Lipinski definition) is 2. The fourth-order valence-electron chi connectivity index (χ4n) is 2.38. The smallest absolute Gasteiger partial charge is 0.125 e. The Morgan fingerprint density at radius 3 is 2.61 bits per heavy atom. The maximum Gasteiger partial charge on any atom is 0.125 e. The number of halogens is 1. The SMILES string of the molecule is OCc1cc(Cl)ccc1OCC1(O)CCCCC1. The van der Waals surface area contributed by atoms with Crippen LogP contribution in [0.25, 0.3) is 0 Å². The molecule has 2 rings (SSSR count). The molecule has 0 saturated heterocycles. The molecule has 3 nitrogen and oxygen atoms in total. The first-order valence-corrected chi connectivity index (χ1v) is 6.75. The molecule has 1 aromatic carbocycles. The normalized spacial score (nSPS) is 18.6. The molecule has 1 aromatic rings. The minimum Gasteiger partial charge on any atom is -0.490 e. The van der Waals surface area contributed by atoms with Crippen LogP contribution in [0.3, 0.4) is 0 Å². The Balaban J connectivity index is 2.01. The van der Waals surface area contributed by atoms with Crippen molar-refractivity contribution in [2.24, 2.45) is 0 Å². The van der Waals surface area contributed by atoms with Crippen LogP contribution >= 0.6 is 11.6 Å². The highest BCUT2D eigenvalue weighted by atomic mass is 35.5. The molecule has 0 spiro atoms. The van der Waals surface area contributed by atoms with E-state index in [0.717, 1.165) is 25.7 Å². The number of aliphatic hydroxyl groups is 2. The second-order valence-corrected chi connectivity index (χ2v) is 5.42. The molecule has 0 radical (unpaired) electrons. The standard InChI is InChI=1S/C14H19ClO3/c15-12-4-5-13(11(8-12)9-16)18-10-14(17)6-2-1-3-7-14/h4-5,8,16-17H,1-3,6-7,9-10H2. The highest BCUT2D eigenvalue weighted by molar-refractivity contribution is 6.30. The second-order valence-electron chi connectivity index (χ2n) is 4.98. The van der Waals surface area contributed by atoms with Crippen molar-refractivity contribution in [1.82, 2.24) is 0 Å². The number of hydrogen-bond acceptors (Lipinski definition) is 3. The molecule has 0 amide bonds. The van der Waals surface area contributed by atoms with Crippen LogP contribution in [0.15, 0.2) is 18.2 Å². The zero-order valence-corrected chi connectivity index (χ0v) is 11.1. The number of aliphatic hydroxyl groups excluding tert-OH is 1. The van der Waals surface area contributed by atoms with E-state index in [0.29, 0.717) is 16.3 Å². The molecule has 4 heteroatoms. The van der Waals surface area contributed by atoms with Crippen molar-refractivity contribution in [3.63, 3.8) is 0 Å². The first kappa shape index (κ1) is 13.7. The molecule has 0 atom stereocenters. The maximum absolute atomic E-state index is 10.3. The first-order valence-electron chi connectivity index (χ1n) is 6.37. The van der Waals surface area contributed by atoms with Crippen molar-refractivity contribution in [2.75, 3.05) is 6.61 Å². The third-order valence-corrected chi connectivity index (χ3v) is 3.71. The maximum atomic E-state index is 10.3. The molecule has 0 aromatic heterocycles. The third kappa shape index (κ3) is 3.37. The summed E-state index contributed by atoms with van der Waals surface area (Å²) in [6, 6.07) is 5.14. The van der Waals surface area contributed by atoms with Gasteiger partial charge in [-0.25, -0.2) is 0 Å². The molecule has 0 heterocycles. The van der Waals surface area contributed by atoms with Gasteiger partial charge in [0.15, 0.2) is 0 Å². The summed E-state index contributed by atoms with van der Waals surface area (Å²) in [4.78, 5) is 0. The molecular weight excluding hydrogens is 252 g/mol. The van der Waals surface area contributed by atoms with Crippen molar-refractivity contribution in [2.45, 2.75) is 44.3 Å². The summed E-state index contributed by atoms with van der Waals surface area (Å²) in [5.41, 5.74) is -0.0631. The van der Waals surface area contributed by atoms with E-state index >= 15 is 0 Å². The van der Waals surface area contributed by atoms with Gasteiger partial charge >= 0.3 is 0 Å². The molecule has 0 aliphatic heterocycles. The zero-order chi connectivity index (χ0) is 13.0. The second kappa shape index (κ2) is 5.91. The molecule has 1 aliphatic rings. The van der Waals surface area contributed by atoms with Crippen LogP contribution in [0.4, 0.5) is 0 Å². The van der Waals surface area contributed by atoms with Gasteiger partial charge in [0.2, 0.25) is 0 Å². The molecule has 1 aliphatic carbocycles. The lowest BCUT2D eigenvalue weighted by atomic mass is 9.85. The van der Waals surface area contributed by atoms with Crippen molar-refractivity contribution in [1.29, 1.82) is 0 Å². The summed E-state index contributed by atoms with van der Waals surface area (Å²) in [6.07, 6.45) is 4.86. The van der Waals surface area contributed by atoms with Crippen LogP contribution in [0.5, 0.6) is 5.75 Å². The van der Waals surface area contributed by atoms with Crippen molar-refractivity contribution in [3.8, 4) is 5.75 Å². The summed E-state index contributed by atoms with van der Waals surface area (Å²) >= 11 is 5.86. The fraction of sp³-hybridized carbons (Fsp3) is 0.571. The molecule has 2 N–H and O–H groups in total. The van der Waals surface area contributed by atoms with E-state index in [1.165, 1.54) is 6.42 Å². The summed E-state index contributed by atoms with van der Waals surface area (Å²) < 4.78 is 5.66. The van der Waals surface area contributed by atoms with E-state index in [4.69, 9.17) is 16.3 Å². The molecule has 0 bridgehead atoms. The van der Waals surface area contributed by atoms with Gasteiger partial charge in [-0.05, 0) is 31.0 Å². The minimum absolute atomic E-state index is 0.117. The topological polar surface area (TPSA) is 49.7 Å². The van der Waals surface area contributed by atoms with Gasteiger partial charge in [-0.15, -0.1) is 0 Å². The lowest BCUT2D eigenvalue weighted by molar-refractivity contribution is -0.0343. The molecule has 100 valence electrons. The van der Waals surface area contributed by atoms with Gasteiger partial charge < -0.3 is 14.9 Å². The lowest BCUT2D eigenvalue weighted by Crippen LogP contribution is -2.38. The molecular formula is C14H19ClO3. The summed E-state index contributed by atoms with van der Waals surface area (Å²) in [5.74, 6) is 0.598. The summed E-state index contributed by atoms with van der Waals surface area (Å²) in [7, 11) is 0. The Kier molecular flexibility index (Phi) is 4.49. The van der Waals surface area contributed by atoms with Crippen LogP contribution in [-0.2, 0) is 6.61 Å². The molecule has 18 heavy (non-hydrogen) atoms. The van der Waals surface area contributed by atoms with Crippen molar-refractivity contribution in [3.05, 3.63) is 28.8 Å². The Morgan fingerprint density at radius 1 is 1.22 bits per heavy atom. The Labute approximate surface area is 112 Å². The van der Waals surface area contributed by atoms with Crippen LogP contribution < -0.4 is 4.74 Å². The van der Waals surface area contributed by atoms with Crippen molar-refractivity contribution >= 4 is 11.6 Å². The zero-order valence-electron chi connectivity index (χ0n) is 10.4. The highest BCUT2D eigenvalue weighted by Crippen LogP contribution is 2.30. The Hall–Kier alpha value is -0.770. The number of rotatable bonds is 4. The van der Waals surface area contributed by atoms with Crippen LogP contribution in [0.1, 0.15) is 37.7 Å². The van der Waals surface area contributed by atoms with Gasteiger partial charge in [0.05, 0.1) is 12.2 Å². The quantitative estimate of drug-likeness (QED) is 0.884. The van der Waals surface area contributed by atoms with Gasteiger partial charge in [-0.3, -0.25) is 0 Å². The predicted octanol–water partition coefficient (Wildman–Crippen LogP) is 2.91. The summed E-state index contributed by atoms with van der Waals surface area (Å²) in [6.45, 7) is 0.163. The lowest BCUT2D eigenvalue weighted by Gasteiger charge is -2.31. The van der Waals surface area contributed by atoms with Crippen LogP contribution in [-0.4, -0.2) is 22.4 Å². The van der Waals surface area contributed by atoms with E-state index in [-0.39, 0.29) is 13.2 Å². The van der Waals surface area contributed by atoms with Crippen LogP contribution in [0.2, 0.25) is 5.02 Å². The highest BCUT2D eigenvalue weighted by Gasteiger charge is 2.30. The van der Waals surface area contributed by atoms with E-state index in [1.54, 1.807) is 18.2 Å². The van der Waals surface area contributed by atoms with Gasteiger partial charge in [0.1, 0.15) is 12.4 Å². The molecule has 1 saturated carbocycles. The van der Waals surface area contributed by atoms with E-state index in [1.807, 2.05) is 0 Å². The van der Waals surface area contributed by atoms with Gasteiger partial charge in [0, 0.05) is 10.6 Å². The van der Waals surface area contributed by atoms with Gasteiger partial charge in [-0.1, -0.05) is 30.9 Å². The predicted molar refractivity (Wildman–Crippen MR) is 70.9 cm³/mol. The van der Waals surface area contributed by atoms with Gasteiger partial charge in [0.25, 0.3) is 0 Å². The van der Waals surface area contributed by atoms with Crippen LogP contribution in [0, 0.1) is 0 Å². The summed E-state index contributed by atoms with van der Waals surface area (Å²) in [5, 5.41) is 20.2. The average Bonchev–Trinajstić information content (AvgIpc) is 2.38. The average molecular weight is 271 g/mol. The number of benzene rings is 1. The van der Waals surface area contributed by atoms with Crippen molar-refractivity contribution < 1.29 is 14.9 Å². The first-order chi connectivity index (χ1) is 8.63. The number of ether oxygens (including phenoxy) is 1. The Morgan fingerprint density at radius 2 is 1.94 bits per heavy atom. The Bertz CT molecular complexity index is 400. The molecule has 1 fully saturated rings. The largest absolute Gasteiger partial charge is 0.490 e. The monoisotopic (exact) mass is 270 g/mol.